The average molecular weight is 469 g/mol. The number of unbranched alkanes of at least 4 members (excludes halogenated alkanes) is 7. The Labute approximate surface area is 204 Å². The zero-order valence-electron chi connectivity index (χ0n) is 20.8. The number of rotatable bonds is 18. The van der Waals surface area contributed by atoms with Gasteiger partial charge in [-0.2, -0.15) is 0 Å². The number of allylic oxidation sites excluding steroid dienone is 1. The van der Waals surface area contributed by atoms with Crippen molar-refractivity contribution in [3.05, 3.63) is 48.8 Å². The van der Waals surface area contributed by atoms with Gasteiger partial charge in [-0.25, -0.2) is 14.8 Å². The number of ether oxygens (including phenoxy) is 3. The Kier molecular flexibility index (Phi) is 14.3. The van der Waals surface area contributed by atoms with Gasteiger partial charge in [0.1, 0.15) is 5.75 Å². The number of carbonyl (C=O) groups excluding carboxylic acids is 1. The van der Waals surface area contributed by atoms with Crippen LogP contribution in [0.1, 0.15) is 78.1 Å². The fourth-order valence-electron chi connectivity index (χ4n) is 3.25. The van der Waals surface area contributed by atoms with E-state index in [-0.39, 0.29) is 5.97 Å². The Morgan fingerprint density at radius 1 is 0.794 bits per heavy atom. The smallest absolute Gasteiger partial charge is 0.335 e. The number of benzene rings is 1. The normalized spacial score (nSPS) is 11.1. The molecule has 6 heteroatoms. The summed E-state index contributed by atoms with van der Waals surface area (Å²) < 4.78 is 16.6. The van der Waals surface area contributed by atoms with Gasteiger partial charge >= 0.3 is 5.97 Å². The van der Waals surface area contributed by atoms with Crippen LogP contribution in [0.25, 0.3) is 11.4 Å². The number of carbonyl (C=O) groups is 1. The molecule has 0 spiro atoms. The van der Waals surface area contributed by atoms with E-state index >= 15 is 0 Å². The van der Waals surface area contributed by atoms with Gasteiger partial charge < -0.3 is 14.2 Å². The highest BCUT2D eigenvalue weighted by atomic mass is 16.5. The third-order valence-corrected chi connectivity index (χ3v) is 5.28. The van der Waals surface area contributed by atoms with Crippen LogP contribution in [0.3, 0.4) is 0 Å². The van der Waals surface area contributed by atoms with Crippen LogP contribution < -0.4 is 9.47 Å². The van der Waals surface area contributed by atoms with Crippen molar-refractivity contribution in [1.82, 2.24) is 9.97 Å². The predicted octanol–water partition coefficient (Wildman–Crippen LogP) is 6.94. The summed E-state index contributed by atoms with van der Waals surface area (Å²) in [6, 6.07) is 7.19. The molecule has 0 amide bonds. The summed E-state index contributed by atoms with van der Waals surface area (Å²) in [4.78, 5) is 20.7. The van der Waals surface area contributed by atoms with Gasteiger partial charge in [0, 0.05) is 24.9 Å². The summed E-state index contributed by atoms with van der Waals surface area (Å²) in [7, 11) is 0. The first-order valence-corrected chi connectivity index (χ1v) is 12.7. The molecule has 0 aliphatic rings. The molecule has 186 valence electrons. The third-order valence-electron chi connectivity index (χ3n) is 5.28. The number of hydrogen-bond acceptors (Lipinski definition) is 6. The fourth-order valence-corrected chi connectivity index (χ4v) is 3.25. The van der Waals surface area contributed by atoms with Gasteiger partial charge in [0.25, 0.3) is 0 Å². The van der Waals surface area contributed by atoms with E-state index in [1.165, 1.54) is 31.8 Å². The van der Waals surface area contributed by atoms with Crippen LogP contribution in [-0.4, -0.2) is 35.8 Å². The zero-order chi connectivity index (χ0) is 24.3. The van der Waals surface area contributed by atoms with E-state index in [1.54, 1.807) is 24.5 Å². The number of hydrogen-bond donors (Lipinski definition) is 0. The van der Waals surface area contributed by atoms with Crippen LogP contribution >= 0.6 is 0 Å². The molecule has 0 saturated carbocycles. The van der Waals surface area contributed by atoms with Crippen molar-refractivity contribution in [3.8, 4) is 22.9 Å². The molecule has 0 aliphatic heterocycles. The Balaban J connectivity index is 1.68. The number of nitrogens with zero attached hydrogens (tertiary/aromatic N) is 2. The molecular weight excluding hydrogens is 428 g/mol. The maximum atomic E-state index is 12.0. The van der Waals surface area contributed by atoms with Gasteiger partial charge in [-0.05, 0) is 56.4 Å². The van der Waals surface area contributed by atoms with Crippen LogP contribution in [0.4, 0.5) is 0 Å². The molecule has 1 heterocycles. The first kappa shape index (κ1) is 27.5. The van der Waals surface area contributed by atoms with Crippen molar-refractivity contribution in [2.45, 2.75) is 78.1 Å². The summed E-state index contributed by atoms with van der Waals surface area (Å²) in [6.07, 6.45) is 17.9. The first-order chi connectivity index (χ1) is 16.7. The molecule has 6 nitrogen and oxygen atoms in total. The summed E-state index contributed by atoms with van der Waals surface area (Å²) in [5, 5.41) is 0. The maximum absolute atomic E-state index is 12.0. The molecular formula is C28H40N2O4. The van der Waals surface area contributed by atoms with E-state index in [9.17, 15) is 4.79 Å². The zero-order valence-corrected chi connectivity index (χ0v) is 20.8. The van der Waals surface area contributed by atoms with Gasteiger partial charge in [-0.3, -0.25) is 0 Å². The van der Waals surface area contributed by atoms with E-state index in [1.807, 2.05) is 18.2 Å². The first-order valence-electron chi connectivity index (χ1n) is 12.7. The minimum Gasteiger partial charge on any atom is -0.490 e. The second-order valence-corrected chi connectivity index (χ2v) is 8.31. The highest BCUT2D eigenvalue weighted by Crippen LogP contribution is 2.20. The minimum absolute atomic E-state index is 0.355. The second-order valence-electron chi connectivity index (χ2n) is 8.31. The summed E-state index contributed by atoms with van der Waals surface area (Å²) in [5.74, 6) is 1.39. The largest absolute Gasteiger partial charge is 0.490 e. The van der Waals surface area contributed by atoms with E-state index < -0.39 is 0 Å². The quantitative estimate of drug-likeness (QED) is 0.102. The second kappa shape index (κ2) is 17.7. The standard InChI is InChI=1S/C28H40N2O4/c1-3-5-7-8-9-10-11-14-27(31)34-25-17-15-24(16-18-25)28-29-22-26(23-30-28)33-21-13-12-20-32-19-6-4-2/h11,14-18,22-23H,3-10,12-13,19-21H2,1-2H3/b14-11+. The molecule has 0 unspecified atom stereocenters. The molecule has 0 fully saturated rings. The van der Waals surface area contributed by atoms with Crippen molar-refractivity contribution in [1.29, 1.82) is 0 Å². The van der Waals surface area contributed by atoms with E-state index in [0.29, 0.717) is 23.9 Å². The molecule has 0 bridgehead atoms. The fraction of sp³-hybridized carbons (Fsp3) is 0.536. The minimum atomic E-state index is -0.355. The molecule has 0 aliphatic carbocycles. The van der Waals surface area contributed by atoms with Crippen LogP contribution in [0.5, 0.6) is 11.5 Å². The van der Waals surface area contributed by atoms with Crippen LogP contribution in [0, 0.1) is 0 Å². The molecule has 0 saturated heterocycles. The Bertz CT molecular complexity index is 819. The van der Waals surface area contributed by atoms with Gasteiger partial charge in [0.15, 0.2) is 11.6 Å². The molecule has 0 N–H and O–H groups in total. The van der Waals surface area contributed by atoms with Crippen LogP contribution in [0.2, 0.25) is 0 Å². The summed E-state index contributed by atoms with van der Waals surface area (Å²) in [5.41, 5.74) is 0.846. The highest BCUT2D eigenvalue weighted by Gasteiger charge is 2.05. The lowest BCUT2D eigenvalue weighted by Crippen LogP contribution is -2.03. The molecule has 2 rings (SSSR count). The van der Waals surface area contributed by atoms with E-state index in [4.69, 9.17) is 14.2 Å². The van der Waals surface area contributed by atoms with E-state index in [2.05, 4.69) is 23.8 Å². The topological polar surface area (TPSA) is 70.5 Å². The number of aromatic nitrogens is 2. The Morgan fingerprint density at radius 3 is 2.21 bits per heavy atom. The molecule has 0 radical (unpaired) electrons. The Morgan fingerprint density at radius 2 is 1.47 bits per heavy atom. The van der Waals surface area contributed by atoms with Gasteiger partial charge in [-0.1, -0.05) is 52.0 Å². The molecule has 0 atom stereocenters. The van der Waals surface area contributed by atoms with Crippen molar-refractivity contribution >= 4 is 5.97 Å². The van der Waals surface area contributed by atoms with Crippen LogP contribution in [-0.2, 0) is 9.53 Å². The maximum Gasteiger partial charge on any atom is 0.335 e. The third kappa shape index (κ3) is 11.9. The summed E-state index contributed by atoms with van der Waals surface area (Å²) >= 11 is 0. The lowest BCUT2D eigenvalue weighted by atomic mass is 10.1. The van der Waals surface area contributed by atoms with Crippen molar-refractivity contribution in [2.24, 2.45) is 0 Å². The highest BCUT2D eigenvalue weighted by molar-refractivity contribution is 5.84. The van der Waals surface area contributed by atoms with Gasteiger partial charge in [-0.15, -0.1) is 0 Å². The van der Waals surface area contributed by atoms with Crippen LogP contribution in [0.15, 0.2) is 48.8 Å². The SMILES string of the molecule is CCCCCCC/C=C/C(=O)Oc1ccc(-c2ncc(OCCCCOCCCC)cn2)cc1. The lowest BCUT2D eigenvalue weighted by Gasteiger charge is -2.07. The average Bonchev–Trinajstić information content (AvgIpc) is 2.86. The molecule has 1 aromatic heterocycles. The summed E-state index contributed by atoms with van der Waals surface area (Å²) in [6.45, 7) is 6.60. The van der Waals surface area contributed by atoms with Crippen molar-refractivity contribution in [2.75, 3.05) is 19.8 Å². The van der Waals surface area contributed by atoms with Crippen molar-refractivity contribution < 1.29 is 19.0 Å². The van der Waals surface area contributed by atoms with E-state index in [0.717, 1.165) is 57.3 Å². The lowest BCUT2D eigenvalue weighted by molar-refractivity contribution is -0.129. The molecule has 2 aromatic rings. The van der Waals surface area contributed by atoms with Crippen molar-refractivity contribution in [3.63, 3.8) is 0 Å². The number of esters is 1. The van der Waals surface area contributed by atoms with Gasteiger partial charge in [0.2, 0.25) is 0 Å². The Hall–Kier alpha value is -2.73. The molecule has 1 aromatic carbocycles. The molecule has 34 heavy (non-hydrogen) atoms. The van der Waals surface area contributed by atoms with Gasteiger partial charge in [0.05, 0.1) is 19.0 Å². The predicted molar refractivity (Wildman–Crippen MR) is 136 cm³/mol. The monoisotopic (exact) mass is 468 g/mol.